The summed E-state index contributed by atoms with van der Waals surface area (Å²) < 4.78 is 1.46. The first-order valence-electron chi connectivity index (χ1n) is 6.11. The highest BCUT2D eigenvalue weighted by Gasteiger charge is 2.29. The van der Waals surface area contributed by atoms with E-state index < -0.39 is 0 Å². The van der Waals surface area contributed by atoms with Crippen LogP contribution in [0.4, 0.5) is 0 Å². The third-order valence-electron chi connectivity index (χ3n) is 3.23. The lowest BCUT2D eigenvalue weighted by atomic mass is 10.1. The molecule has 1 aromatic heterocycles. The molecule has 1 aromatic carbocycles. The molecule has 0 bridgehead atoms. The van der Waals surface area contributed by atoms with E-state index in [0.717, 1.165) is 19.0 Å². The highest BCUT2D eigenvalue weighted by molar-refractivity contribution is 7.19. The monoisotopic (exact) mass is 231 g/mol. The fourth-order valence-corrected chi connectivity index (χ4v) is 3.57. The number of hydrogen-bond acceptors (Lipinski definition) is 2. The van der Waals surface area contributed by atoms with Gasteiger partial charge in [0.1, 0.15) is 0 Å². The van der Waals surface area contributed by atoms with Crippen molar-refractivity contribution >= 4 is 21.4 Å². The van der Waals surface area contributed by atoms with E-state index in [2.05, 4.69) is 36.5 Å². The normalized spacial score (nSPS) is 15.8. The van der Waals surface area contributed by atoms with Gasteiger partial charge < -0.3 is 5.32 Å². The minimum absolute atomic E-state index is 0.852. The maximum atomic E-state index is 3.46. The first-order valence-corrected chi connectivity index (χ1v) is 6.93. The quantitative estimate of drug-likeness (QED) is 0.841. The van der Waals surface area contributed by atoms with Crippen molar-refractivity contribution in [3.05, 3.63) is 34.7 Å². The average Bonchev–Trinajstić information content (AvgIpc) is 3.07. The first-order chi connectivity index (χ1) is 7.90. The number of hydrogen-bond donors (Lipinski definition) is 1. The van der Waals surface area contributed by atoms with Crippen LogP contribution in [-0.4, -0.2) is 6.54 Å². The molecule has 2 aromatic rings. The fourth-order valence-electron chi connectivity index (χ4n) is 2.31. The van der Waals surface area contributed by atoms with Crippen LogP contribution >= 0.6 is 11.3 Å². The molecule has 1 nitrogen and oxygen atoms in total. The molecule has 0 saturated heterocycles. The molecule has 2 heteroatoms. The smallest absolute Gasteiger partial charge is 0.0349 e. The third kappa shape index (κ3) is 1.76. The van der Waals surface area contributed by atoms with Gasteiger partial charge in [-0.2, -0.15) is 0 Å². The highest BCUT2D eigenvalue weighted by atomic mass is 32.1. The Kier molecular flexibility index (Phi) is 2.70. The zero-order chi connectivity index (χ0) is 11.0. The molecule has 0 unspecified atom stereocenters. The van der Waals surface area contributed by atoms with Gasteiger partial charge in [-0.15, -0.1) is 11.3 Å². The van der Waals surface area contributed by atoms with Gasteiger partial charge in [0.25, 0.3) is 0 Å². The number of rotatable bonds is 4. The Hall–Kier alpha value is -0.860. The molecule has 0 aliphatic heterocycles. The molecule has 1 heterocycles. The Morgan fingerprint density at radius 2 is 2.12 bits per heavy atom. The summed E-state index contributed by atoms with van der Waals surface area (Å²) in [5, 5.41) is 4.96. The second kappa shape index (κ2) is 4.19. The zero-order valence-electron chi connectivity index (χ0n) is 9.62. The number of fused-ring (bicyclic) bond motifs is 1. The molecular weight excluding hydrogens is 214 g/mol. The van der Waals surface area contributed by atoms with E-state index in [1.165, 1.54) is 22.9 Å². The molecule has 1 saturated carbocycles. The molecular formula is C14H17NS. The van der Waals surface area contributed by atoms with Crippen LogP contribution in [0.25, 0.3) is 10.1 Å². The van der Waals surface area contributed by atoms with E-state index in [4.69, 9.17) is 0 Å². The molecule has 0 amide bonds. The van der Waals surface area contributed by atoms with E-state index in [9.17, 15) is 0 Å². The van der Waals surface area contributed by atoms with Crippen LogP contribution in [0.2, 0.25) is 0 Å². The lowest BCUT2D eigenvalue weighted by Gasteiger charge is -2.03. The van der Waals surface area contributed by atoms with E-state index in [-0.39, 0.29) is 0 Å². The molecule has 0 atom stereocenters. The number of nitrogens with one attached hydrogen (secondary N) is 1. The summed E-state index contributed by atoms with van der Waals surface area (Å²) in [4.78, 5) is 1.56. The van der Waals surface area contributed by atoms with E-state index in [0.29, 0.717) is 0 Å². The molecule has 0 spiro atoms. The molecule has 1 aliphatic carbocycles. The van der Waals surface area contributed by atoms with Gasteiger partial charge in [-0.3, -0.25) is 0 Å². The Labute approximate surface area is 100 Å². The van der Waals surface area contributed by atoms with E-state index in [1.54, 1.807) is 10.4 Å². The predicted molar refractivity (Wildman–Crippen MR) is 71.2 cm³/mol. The van der Waals surface area contributed by atoms with Crippen molar-refractivity contribution in [3.8, 4) is 0 Å². The van der Waals surface area contributed by atoms with E-state index in [1.807, 2.05) is 11.3 Å². The average molecular weight is 231 g/mol. The van der Waals surface area contributed by atoms with Gasteiger partial charge in [0.05, 0.1) is 0 Å². The Morgan fingerprint density at radius 3 is 2.88 bits per heavy atom. The molecule has 3 rings (SSSR count). The van der Waals surface area contributed by atoms with Crippen molar-refractivity contribution in [2.45, 2.75) is 32.2 Å². The summed E-state index contributed by atoms with van der Waals surface area (Å²) >= 11 is 1.97. The van der Waals surface area contributed by atoms with Crippen molar-refractivity contribution in [2.75, 3.05) is 6.54 Å². The second-order valence-electron chi connectivity index (χ2n) is 4.49. The Balaban J connectivity index is 2.07. The van der Waals surface area contributed by atoms with Gasteiger partial charge in [0.2, 0.25) is 0 Å². The van der Waals surface area contributed by atoms with Gasteiger partial charge in [-0.1, -0.05) is 25.1 Å². The Morgan fingerprint density at radius 1 is 1.31 bits per heavy atom. The fraction of sp³-hybridized carbons (Fsp3) is 0.429. The molecule has 0 radical (unpaired) electrons. The van der Waals surface area contributed by atoms with Crippen LogP contribution in [0.15, 0.2) is 24.3 Å². The Bertz CT molecular complexity index is 496. The lowest BCUT2D eigenvalue weighted by molar-refractivity contribution is 0.730. The van der Waals surface area contributed by atoms with Crippen molar-refractivity contribution in [2.24, 2.45) is 0 Å². The van der Waals surface area contributed by atoms with Gasteiger partial charge >= 0.3 is 0 Å². The van der Waals surface area contributed by atoms with Gasteiger partial charge in [-0.25, -0.2) is 0 Å². The second-order valence-corrected chi connectivity index (χ2v) is 5.63. The largest absolute Gasteiger partial charge is 0.312 e. The van der Waals surface area contributed by atoms with Crippen LogP contribution in [-0.2, 0) is 6.54 Å². The summed E-state index contributed by atoms with van der Waals surface area (Å²) in [6.45, 7) is 4.27. The van der Waals surface area contributed by atoms with Crippen LogP contribution in [0.5, 0.6) is 0 Å². The van der Waals surface area contributed by atoms with Gasteiger partial charge in [0, 0.05) is 16.1 Å². The third-order valence-corrected chi connectivity index (χ3v) is 4.42. The van der Waals surface area contributed by atoms with Gasteiger partial charge in [0.15, 0.2) is 0 Å². The summed E-state index contributed by atoms with van der Waals surface area (Å²) in [6, 6.07) is 8.85. The standard InChI is InChI=1S/C14H17NS/c1-2-15-9-13-14(10-7-8-10)11-5-3-4-6-12(11)16-13/h3-6,10,15H,2,7-9H2,1H3. The topological polar surface area (TPSA) is 12.0 Å². The molecule has 1 N–H and O–H groups in total. The van der Waals surface area contributed by atoms with Crippen molar-refractivity contribution < 1.29 is 0 Å². The molecule has 84 valence electrons. The highest BCUT2D eigenvalue weighted by Crippen LogP contribution is 2.47. The minimum Gasteiger partial charge on any atom is -0.312 e. The molecule has 16 heavy (non-hydrogen) atoms. The SMILES string of the molecule is CCNCc1sc2ccccc2c1C1CC1. The van der Waals surface area contributed by atoms with E-state index >= 15 is 0 Å². The summed E-state index contributed by atoms with van der Waals surface area (Å²) in [5.74, 6) is 0.852. The summed E-state index contributed by atoms with van der Waals surface area (Å²) in [7, 11) is 0. The number of benzene rings is 1. The van der Waals surface area contributed by atoms with Crippen molar-refractivity contribution in [3.63, 3.8) is 0 Å². The molecule has 1 fully saturated rings. The maximum Gasteiger partial charge on any atom is 0.0349 e. The summed E-state index contributed by atoms with van der Waals surface area (Å²) in [6.07, 6.45) is 2.78. The minimum atomic E-state index is 0.852. The molecule has 1 aliphatic rings. The van der Waals surface area contributed by atoms with Crippen molar-refractivity contribution in [1.29, 1.82) is 0 Å². The number of thiophene rings is 1. The maximum absolute atomic E-state index is 3.46. The van der Waals surface area contributed by atoms with Gasteiger partial charge in [-0.05, 0) is 42.3 Å². The van der Waals surface area contributed by atoms with Crippen LogP contribution in [0.3, 0.4) is 0 Å². The summed E-state index contributed by atoms with van der Waals surface area (Å²) in [5.41, 5.74) is 1.64. The van der Waals surface area contributed by atoms with Crippen LogP contribution < -0.4 is 5.32 Å². The lowest BCUT2D eigenvalue weighted by Crippen LogP contribution is -2.11. The van der Waals surface area contributed by atoms with Crippen molar-refractivity contribution in [1.82, 2.24) is 5.32 Å². The first kappa shape index (κ1) is 10.3. The predicted octanol–water partition coefficient (Wildman–Crippen LogP) is 3.89. The zero-order valence-corrected chi connectivity index (χ0v) is 10.4. The van der Waals surface area contributed by atoms with Crippen LogP contribution in [0, 0.1) is 0 Å². The van der Waals surface area contributed by atoms with Crippen LogP contribution in [0.1, 0.15) is 36.1 Å².